The van der Waals surface area contributed by atoms with Gasteiger partial charge in [-0.1, -0.05) is 49.1 Å². The number of para-hydroxylation sites is 1. The van der Waals surface area contributed by atoms with Gasteiger partial charge in [-0.25, -0.2) is 0 Å². The summed E-state index contributed by atoms with van der Waals surface area (Å²) >= 11 is 6.75. The minimum Gasteiger partial charge on any atom is -0.368 e. The van der Waals surface area contributed by atoms with Crippen LogP contribution in [0.3, 0.4) is 0 Å². The fourth-order valence-electron chi connectivity index (χ4n) is 4.79. The predicted molar refractivity (Wildman–Crippen MR) is 151 cm³/mol. The molecular formula is C27H31N5O2S2. The summed E-state index contributed by atoms with van der Waals surface area (Å²) < 4.78 is 2.25. The van der Waals surface area contributed by atoms with Crippen LogP contribution < -0.4 is 15.4 Å². The monoisotopic (exact) mass is 521 g/mol. The number of amides is 1. The molecule has 0 atom stereocenters. The first-order chi connectivity index (χ1) is 17.3. The molecule has 0 aliphatic carbocycles. The molecule has 188 valence electrons. The van der Waals surface area contributed by atoms with Gasteiger partial charge < -0.3 is 9.80 Å². The van der Waals surface area contributed by atoms with Gasteiger partial charge in [-0.05, 0) is 51.0 Å². The highest BCUT2D eigenvalue weighted by Crippen LogP contribution is 2.37. The molecular weight excluding hydrogens is 490 g/mol. The fourth-order valence-corrected chi connectivity index (χ4v) is 6.29. The molecule has 4 rings (SSSR count). The summed E-state index contributed by atoms with van der Waals surface area (Å²) in [5.41, 5.74) is 2.38. The number of thiocarbonyl (C=S) groups is 1. The van der Waals surface area contributed by atoms with Crippen LogP contribution in [0, 0.1) is 18.3 Å². The Morgan fingerprint density at radius 3 is 2.31 bits per heavy atom. The molecule has 9 heteroatoms. The highest BCUT2D eigenvalue weighted by molar-refractivity contribution is 8.26. The van der Waals surface area contributed by atoms with Gasteiger partial charge in [-0.2, -0.15) is 5.26 Å². The van der Waals surface area contributed by atoms with E-state index in [2.05, 4.69) is 28.0 Å². The molecule has 0 bridgehead atoms. The molecule has 0 N–H and O–H groups in total. The van der Waals surface area contributed by atoms with Crippen LogP contribution in [0.5, 0.6) is 0 Å². The van der Waals surface area contributed by atoms with E-state index in [4.69, 9.17) is 12.2 Å². The van der Waals surface area contributed by atoms with Gasteiger partial charge >= 0.3 is 0 Å². The highest BCUT2D eigenvalue weighted by atomic mass is 32.2. The highest BCUT2D eigenvalue weighted by Gasteiger charge is 2.35. The largest absolute Gasteiger partial charge is 0.368 e. The first-order valence-corrected chi connectivity index (χ1v) is 13.5. The zero-order chi connectivity index (χ0) is 26.0. The maximum absolute atomic E-state index is 13.4. The number of benzene rings is 1. The van der Waals surface area contributed by atoms with Crippen molar-refractivity contribution in [2.45, 2.75) is 46.7 Å². The maximum Gasteiger partial charge on any atom is 0.270 e. The molecule has 1 aromatic heterocycles. The number of anilines is 2. The maximum atomic E-state index is 13.4. The van der Waals surface area contributed by atoms with Gasteiger partial charge in [-0.15, -0.1) is 0 Å². The second-order valence-corrected chi connectivity index (χ2v) is 10.9. The third-order valence-corrected chi connectivity index (χ3v) is 7.94. The van der Waals surface area contributed by atoms with Crippen molar-refractivity contribution in [3.05, 3.63) is 62.3 Å². The molecule has 36 heavy (non-hydrogen) atoms. The van der Waals surface area contributed by atoms with Crippen molar-refractivity contribution in [1.29, 1.82) is 5.26 Å². The molecule has 0 unspecified atom stereocenters. The number of carbonyl (C=O) groups excluding carboxylic acids is 1. The summed E-state index contributed by atoms with van der Waals surface area (Å²) in [6, 6.07) is 12.4. The zero-order valence-electron chi connectivity index (χ0n) is 21.2. The van der Waals surface area contributed by atoms with E-state index >= 15 is 0 Å². The lowest BCUT2D eigenvalue weighted by Crippen LogP contribution is -2.48. The average molecular weight is 522 g/mol. The van der Waals surface area contributed by atoms with Crippen molar-refractivity contribution in [2.75, 3.05) is 36.0 Å². The van der Waals surface area contributed by atoms with Gasteiger partial charge in [0.1, 0.15) is 21.8 Å². The predicted octanol–water partition coefficient (Wildman–Crippen LogP) is 4.37. The third kappa shape index (κ3) is 4.80. The number of nitrogens with zero attached hydrogens (tertiary/aromatic N) is 5. The molecule has 2 fully saturated rings. The minimum absolute atomic E-state index is 0.0428. The van der Waals surface area contributed by atoms with Crippen molar-refractivity contribution in [3.8, 4) is 6.07 Å². The van der Waals surface area contributed by atoms with Crippen LogP contribution in [-0.4, -0.2) is 51.9 Å². The van der Waals surface area contributed by atoms with Crippen molar-refractivity contribution < 1.29 is 4.79 Å². The number of piperazine rings is 1. The third-order valence-electron chi connectivity index (χ3n) is 6.61. The van der Waals surface area contributed by atoms with Crippen molar-refractivity contribution in [1.82, 2.24) is 9.47 Å². The number of hydrogen-bond acceptors (Lipinski definition) is 7. The minimum atomic E-state index is -0.274. The van der Waals surface area contributed by atoms with Gasteiger partial charge in [0, 0.05) is 50.0 Å². The van der Waals surface area contributed by atoms with Crippen LogP contribution in [0.25, 0.3) is 6.08 Å². The Labute approximate surface area is 222 Å². The molecule has 0 radical (unpaired) electrons. The van der Waals surface area contributed by atoms with Crippen LogP contribution in [0.4, 0.5) is 11.5 Å². The first-order valence-electron chi connectivity index (χ1n) is 12.3. The molecule has 2 saturated heterocycles. The van der Waals surface area contributed by atoms with E-state index in [0.717, 1.165) is 44.0 Å². The van der Waals surface area contributed by atoms with Crippen LogP contribution >= 0.6 is 24.0 Å². The summed E-state index contributed by atoms with van der Waals surface area (Å²) in [7, 11) is 0. The second-order valence-electron chi connectivity index (χ2n) is 9.26. The summed E-state index contributed by atoms with van der Waals surface area (Å²) in [4.78, 5) is 33.3. The molecule has 3 heterocycles. The van der Waals surface area contributed by atoms with Crippen molar-refractivity contribution in [2.24, 2.45) is 0 Å². The normalized spacial score (nSPS) is 17.4. The van der Waals surface area contributed by atoms with Crippen LogP contribution in [-0.2, 0) is 11.3 Å². The SMILES string of the molecule is CCCn1c(N2CCN(c3ccccc3)CC2)c(C=C2SC(=S)N(C(C)C)C2=O)c(C)c(C#N)c1=O. The van der Waals surface area contributed by atoms with E-state index < -0.39 is 0 Å². The Morgan fingerprint density at radius 1 is 1.11 bits per heavy atom. The molecule has 7 nitrogen and oxygen atoms in total. The van der Waals surface area contributed by atoms with Crippen molar-refractivity contribution >= 4 is 51.8 Å². The van der Waals surface area contributed by atoms with Gasteiger partial charge in [0.2, 0.25) is 0 Å². The van der Waals surface area contributed by atoms with E-state index in [0.29, 0.717) is 21.3 Å². The Kier molecular flexibility index (Phi) is 7.86. The Balaban J connectivity index is 1.81. The summed E-state index contributed by atoms with van der Waals surface area (Å²) in [5, 5.41) is 9.84. The summed E-state index contributed by atoms with van der Waals surface area (Å²) in [6.07, 6.45) is 2.59. The lowest BCUT2D eigenvalue weighted by Gasteiger charge is -2.39. The molecule has 2 aliphatic rings. The number of nitriles is 1. The number of aromatic nitrogens is 1. The lowest BCUT2D eigenvalue weighted by molar-refractivity contribution is -0.123. The molecule has 1 amide bonds. The quantitative estimate of drug-likeness (QED) is 0.413. The summed E-state index contributed by atoms with van der Waals surface area (Å²) in [5.74, 6) is 0.645. The van der Waals surface area contributed by atoms with Crippen LogP contribution in [0.15, 0.2) is 40.0 Å². The smallest absolute Gasteiger partial charge is 0.270 e. The number of rotatable bonds is 6. The molecule has 2 aliphatic heterocycles. The van der Waals surface area contributed by atoms with E-state index in [1.807, 2.05) is 45.0 Å². The van der Waals surface area contributed by atoms with E-state index in [1.54, 1.807) is 16.4 Å². The fraction of sp³-hybridized carbons (Fsp3) is 0.407. The lowest BCUT2D eigenvalue weighted by atomic mass is 10.0. The van der Waals surface area contributed by atoms with Crippen LogP contribution in [0.2, 0.25) is 0 Å². The molecule has 0 spiro atoms. The van der Waals surface area contributed by atoms with E-state index in [9.17, 15) is 14.9 Å². The first kappa shape index (κ1) is 26.0. The van der Waals surface area contributed by atoms with Gasteiger partial charge in [0.15, 0.2) is 0 Å². The van der Waals surface area contributed by atoms with Gasteiger partial charge in [0.25, 0.3) is 11.5 Å². The number of pyridine rings is 1. The van der Waals surface area contributed by atoms with E-state index in [-0.39, 0.29) is 23.1 Å². The van der Waals surface area contributed by atoms with Crippen LogP contribution in [0.1, 0.15) is 43.9 Å². The Hall–Kier alpha value is -3.09. The average Bonchev–Trinajstić information content (AvgIpc) is 3.16. The second kappa shape index (κ2) is 10.9. The zero-order valence-corrected chi connectivity index (χ0v) is 22.8. The number of carbonyl (C=O) groups is 1. The van der Waals surface area contributed by atoms with Crippen molar-refractivity contribution in [3.63, 3.8) is 0 Å². The summed E-state index contributed by atoms with van der Waals surface area (Å²) in [6.45, 7) is 11.2. The van der Waals surface area contributed by atoms with Gasteiger partial charge in [-0.3, -0.25) is 19.1 Å². The molecule has 0 saturated carbocycles. The Bertz CT molecular complexity index is 1300. The number of hydrogen-bond donors (Lipinski definition) is 0. The number of thioether (sulfide) groups is 1. The molecule has 1 aromatic carbocycles. The molecule has 2 aromatic rings. The standard InChI is InChI=1S/C27H31N5O2S2/c1-5-11-31-24(30-14-12-29(13-15-30)20-9-7-6-8-10-20)21(19(4)22(17-28)25(31)33)16-23-26(34)32(18(2)3)27(35)36-23/h6-10,16,18H,5,11-15H2,1-4H3. The topological polar surface area (TPSA) is 72.6 Å². The van der Waals surface area contributed by atoms with Gasteiger partial charge in [0.05, 0.1) is 4.91 Å². The Morgan fingerprint density at radius 2 is 1.75 bits per heavy atom. The van der Waals surface area contributed by atoms with E-state index in [1.165, 1.54) is 17.4 Å².